The standard InChI is InChI=1S/C9H13.C5H5.Fe/c1-3-8-6-5-7-9(8)4-2;1-2-4-5-3-1;/h5-7H,3-4H2,1-2H3;1-5H;/q-1;-5;. The Morgan fingerprint density at radius 3 is 1.93 bits per heavy atom. The summed E-state index contributed by atoms with van der Waals surface area (Å²) in [4.78, 5) is 0. The molecule has 0 nitrogen and oxygen atoms in total. The van der Waals surface area contributed by atoms with Crippen molar-refractivity contribution in [1.29, 1.82) is 0 Å². The van der Waals surface area contributed by atoms with Gasteiger partial charge in [0.15, 0.2) is 0 Å². The Morgan fingerprint density at radius 1 is 1.07 bits per heavy atom. The van der Waals surface area contributed by atoms with Crippen molar-refractivity contribution in [2.45, 2.75) is 26.7 Å². The molecule has 0 aromatic heterocycles. The zero-order valence-electron chi connectivity index (χ0n) is 9.39. The van der Waals surface area contributed by atoms with Crippen LogP contribution in [0.5, 0.6) is 0 Å². The van der Waals surface area contributed by atoms with Crippen molar-refractivity contribution in [1.82, 2.24) is 0 Å². The molecule has 0 saturated carbocycles. The molecule has 0 amide bonds. The van der Waals surface area contributed by atoms with Gasteiger partial charge in [-0.05, 0) is 0 Å². The summed E-state index contributed by atoms with van der Waals surface area (Å²) in [5, 5.41) is 0. The largest absolute Gasteiger partial charge is 0.748 e. The fraction of sp³-hybridized carbons (Fsp3) is 0.286. The van der Waals surface area contributed by atoms with Gasteiger partial charge in [0.25, 0.3) is 0 Å². The van der Waals surface area contributed by atoms with Crippen molar-refractivity contribution in [3.05, 3.63) is 59.7 Å². The third kappa shape index (κ3) is 5.01. The zero-order chi connectivity index (χ0) is 10.2. The third-order valence-electron chi connectivity index (χ3n) is 2.32. The van der Waals surface area contributed by atoms with Gasteiger partial charge >= 0.3 is 0 Å². The van der Waals surface area contributed by atoms with E-state index in [1.165, 1.54) is 24.0 Å². The maximum absolute atomic E-state index is 2.21. The Bertz CT molecular complexity index is 281. The van der Waals surface area contributed by atoms with Gasteiger partial charge in [-0.15, -0.1) is 0 Å². The molecular weight excluding hydrogens is 224 g/mol. The molecule has 2 aromatic rings. The minimum atomic E-state index is 0. The molecule has 0 bridgehead atoms. The van der Waals surface area contributed by atoms with E-state index in [9.17, 15) is 0 Å². The van der Waals surface area contributed by atoms with E-state index in [0.29, 0.717) is 0 Å². The van der Waals surface area contributed by atoms with Gasteiger partial charge in [-0.25, -0.2) is 12.1 Å². The van der Waals surface area contributed by atoms with E-state index in [1.54, 1.807) is 0 Å². The van der Waals surface area contributed by atoms with Crippen molar-refractivity contribution < 1.29 is 17.1 Å². The molecule has 0 aliphatic carbocycles. The van der Waals surface area contributed by atoms with E-state index in [2.05, 4.69) is 32.0 Å². The van der Waals surface area contributed by atoms with Gasteiger partial charge < -0.3 is 30.3 Å². The van der Waals surface area contributed by atoms with Gasteiger partial charge in [0.05, 0.1) is 0 Å². The van der Waals surface area contributed by atoms with Crippen LogP contribution in [0.25, 0.3) is 0 Å². The van der Waals surface area contributed by atoms with Crippen molar-refractivity contribution in [2.75, 3.05) is 0 Å². The SMILES string of the molecule is CCc1ccc[c-]1CC.[Fe].[cH-]1[cH-][cH-][cH-][cH-]1. The molecule has 2 aromatic carbocycles. The maximum Gasteiger partial charge on any atom is 0 e. The van der Waals surface area contributed by atoms with Crippen LogP contribution in [0.4, 0.5) is 0 Å². The van der Waals surface area contributed by atoms with Gasteiger partial charge in [-0.2, -0.15) is 17.2 Å². The fourth-order valence-corrected chi connectivity index (χ4v) is 1.51. The van der Waals surface area contributed by atoms with E-state index < -0.39 is 0 Å². The number of hydrogen-bond donors (Lipinski definition) is 0. The Balaban J connectivity index is 0.000000280. The molecule has 0 fully saturated rings. The molecule has 2 rings (SSSR count). The van der Waals surface area contributed by atoms with Crippen LogP contribution in [0.1, 0.15) is 25.0 Å². The molecule has 0 heterocycles. The van der Waals surface area contributed by atoms with Crippen LogP contribution in [0, 0.1) is 0 Å². The van der Waals surface area contributed by atoms with Crippen LogP contribution in [-0.2, 0) is 29.9 Å². The van der Waals surface area contributed by atoms with Crippen LogP contribution in [0.15, 0.2) is 48.5 Å². The summed E-state index contributed by atoms with van der Waals surface area (Å²) >= 11 is 0. The molecule has 0 radical (unpaired) electrons. The maximum atomic E-state index is 2.21. The summed E-state index contributed by atoms with van der Waals surface area (Å²) in [5.74, 6) is 0. The first-order valence-corrected chi connectivity index (χ1v) is 5.28. The summed E-state index contributed by atoms with van der Waals surface area (Å²) in [7, 11) is 0. The summed E-state index contributed by atoms with van der Waals surface area (Å²) in [6.45, 7) is 4.41. The van der Waals surface area contributed by atoms with Gasteiger partial charge in [-0.1, -0.05) is 26.7 Å². The predicted molar refractivity (Wildman–Crippen MR) is 62.8 cm³/mol. The summed E-state index contributed by atoms with van der Waals surface area (Å²) in [6.07, 6.45) is 2.35. The number of rotatable bonds is 2. The Labute approximate surface area is 104 Å². The molecule has 0 saturated heterocycles. The van der Waals surface area contributed by atoms with Crippen LogP contribution in [-0.4, -0.2) is 0 Å². The minimum Gasteiger partial charge on any atom is -0.748 e. The van der Waals surface area contributed by atoms with Crippen LogP contribution in [0.2, 0.25) is 0 Å². The van der Waals surface area contributed by atoms with E-state index in [-0.39, 0.29) is 17.1 Å². The van der Waals surface area contributed by atoms with Gasteiger partial charge in [0.2, 0.25) is 0 Å². The third-order valence-corrected chi connectivity index (χ3v) is 2.32. The second-order valence-corrected chi connectivity index (χ2v) is 3.25. The van der Waals surface area contributed by atoms with Gasteiger partial charge in [0, 0.05) is 17.1 Å². The van der Waals surface area contributed by atoms with Crippen molar-refractivity contribution in [2.24, 2.45) is 0 Å². The second kappa shape index (κ2) is 8.52. The monoisotopic (exact) mass is 242 g/mol. The normalized spacial score (nSPS) is 8.67. The first-order chi connectivity index (χ1) is 6.88. The van der Waals surface area contributed by atoms with E-state index in [1.807, 2.05) is 30.3 Å². The van der Waals surface area contributed by atoms with E-state index in [0.717, 1.165) is 0 Å². The predicted octanol–water partition coefficient (Wildman–Crippen LogP) is 3.93. The fourth-order valence-electron chi connectivity index (χ4n) is 1.51. The van der Waals surface area contributed by atoms with Crippen LogP contribution >= 0.6 is 0 Å². The Hall–Kier alpha value is -0.781. The summed E-state index contributed by atoms with van der Waals surface area (Å²) in [6, 6.07) is 16.6. The molecule has 1 heteroatoms. The van der Waals surface area contributed by atoms with Crippen molar-refractivity contribution in [3.63, 3.8) is 0 Å². The first kappa shape index (κ1) is 14.2. The molecule has 0 aliphatic rings. The molecule has 15 heavy (non-hydrogen) atoms. The minimum absolute atomic E-state index is 0. The number of aryl methyl sites for hydroxylation is 2. The van der Waals surface area contributed by atoms with Crippen LogP contribution < -0.4 is 0 Å². The molecule has 0 spiro atoms. The second-order valence-electron chi connectivity index (χ2n) is 3.25. The van der Waals surface area contributed by atoms with Crippen molar-refractivity contribution in [3.8, 4) is 0 Å². The Morgan fingerprint density at radius 2 is 1.60 bits per heavy atom. The molecule has 88 valence electrons. The molecule has 0 atom stereocenters. The topological polar surface area (TPSA) is 0 Å². The molecule has 0 unspecified atom stereocenters. The van der Waals surface area contributed by atoms with Crippen LogP contribution in [0.3, 0.4) is 0 Å². The van der Waals surface area contributed by atoms with Crippen molar-refractivity contribution >= 4 is 0 Å². The van der Waals surface area contributed by atoms with Gasteiger partial charge in [-0.3, -0.25) is 0 Å². The molecular formula is C14H18Fe-6. The Kier molecular flexibility index (Phi) is 8.08. The summed E-state index contributed by atoms with van der Waals surface area (Å²) < 4.78 is 0. The average molecular weight is 242 g/mol. The first-order valence-electron chi connectivity index (χ1n) is 5.28. The number of hydrogen-bond acceptors (Lipinski definition) is 0. The van der Waals surface area contributed by atoms with E-state index >= 15 is 0 Å². The smallest absolute Gasteiger partial charge is 0 e. The quantitative estimate of drug-likeness (QED) is 0.552. The average Bonchev–Trinajstić information content (AvgIpc) is 2.91. The molecule has 0 aliphatic heterocycles. The zero-order valence-corrected chi connectivity index (χ0v) is 10.5. The molecule has 0 N–H and O–H groups in total. The van der Waals surface area contributed by atoms with Gasteiger partial charge in [0.1, 0.15) is 0 Å². The van der Waals surface area contributed by atoms with E-state index in [4.69, 9.17) is 0 Å². The summed E-state index contributed by atoms with van der Waals surface area (Å²) in [5.41, 5.74) is 3.02.